The van der Waals surface area contributed by atoms with Crippen LogP contribution in [-0.4, -0.2) is 49.1 Å². The van der Waals surface area contributed by atoms with Gasteiger partial charge in [0.05, 0.1) is 34.8 Å². The number of rotatable bonds is 6. The van der Waals surface area contributed by atoms with E-state index in [2.05, 4.69) is 4.85 Å². The zero-order valence-corrected chi connectivity index (χ0v) is 17.1. The number of hydrogen-bond acceptors (Lipinski definition) is 5. The number of thiophene rings is 1. The summed E-state index contributed by atoms with van der Waals surface area (Å²) in [5.41, 5.74) is 1.44. The van der Waals surface area contributed by atoms with E-state index in [-0.39, 0.29) is 17.9 Å². The minimum absolute atomic E-state index is 0.108. The SMILES string of the molecule is [C-]#[N+]c1c(N2CCOCC2)sc(C(=O)O)c1C(CCO)c1ccc(Cl)c(Cl)c1. The monoisotopic (exact) mass is 440 g/mol. The molecule has 0 amide bonds. The van der Waals surface area contributed by atoms with E-state index < -0.39 is 11.9 Å². The highest BCUT2D eigenvalue weighted by Gasteiger charge is 2.32. The number of benzene rings is 1. The maximum Gasteiger partial charge on any atom is 0.344 e. The van der Waals surface area contributed by atoms with Gasteiger partial charge < -0.3 is 19.8 Å². The van der Waals surface area contributed by atoms with Gasteiger partial charge in [-0.25, -0.2) is 9.64 Å². The first-order valence-corrected chi connectivity index (χ1v) is 10.2. The highest BCUT2D eigenvalue weighted by atomic mass is 35.5. The van der Waals surface area contributed by atoms with Gasteiger partial charge in [-0.3, -0.25) is 0 Å². The van der Waals surface area contributed by atoms with Gasteiger partial charge in [0.15, 0.2) is 0 Å². The van der Waals surface area contributed by atoms with Gasteiger partial charge in [0, 0.05) is 25.6 Å². The number of carbonyl (C=O) groups is 1. The Bertz CT molecular complexity index is 919. The number of carboxylic acid groups (broad SMARTS) is 1. The Kier molecular flexibility index (Phi) is 6.81. The van der Waals surface area contributed by atoms with Crippen LogP contribution in [0.2, 0.25) is 10.0 Å². The average Bonchev–Trinajstić information content (AvgIpc) is 3.08. The van der Waals surface area contributed by atoms with E-state index in [1.807, 2.05) is 4.90 Å². The third-order valence-corrected chi connectivity index (χ3v) is 6.60. The maximum atomic E-state index is 12.0. The summed E-state index contributed by atoms with van der Waals surface area (Å²) >= 11 is 13.3. The molecule has 28 heavy (non-hydrogen) atoms. The van der Waals surface area contributed by atoms with Gasteiger partial charge in [-0.2, -0.15) is 0 Å². The highest BCUT2D eigenvalue weighted by Crippen LogP contribution is 2.49. The molecule has 0 radical (unpaired) electrons. The molecule has 1 aliphatic heterocycles. The smallest absolute Gasteiger partial charge is 0.344 e. The van der Waals surface area contributed by atoms with E-state index in [0.29, 0.717) is 58.2 Å². The zero-order chi connectivity index (χ0) is 20.3. The van der Waals surface area contributed by atoms with Crippen LogP contribution >= 0.6 is 34.5 Å². The molecule has 1 unspecified atom stereocenters. The van der Waals surface area contributed by atoms with Crippen LogP contribution in [0.3, 0.4) is 0 Å². The van der Waals surface area contributed by atoms with Crippen molar-refractivity contribution in [2.45, 2.75) is 12.3 Å². The summed E-state index contributed by atoms with van der Waals surface area (Å²) in [7, 11) is 0. The summed E-state index contributed by atoms with van der Waals surface area (Å²) in [4.78, 5) is 17.8. The van der Waals surface area contributed by atoms with Gasteiger partial charge in [-0.15, -0.1) is 11.3 Å². The largest absolute Gasteiger partial charge is 0.477 e. The van der Waals surface area contributed by atoms with E-state index >= 15 is 0 Å². The third-order valence-electron chi connectivity index (χ3n) is 4.62. The molecule has 1 saturated heterocycles. The molecule has 1 fully saturated rings. The van der Waals surface area contributed by atoms with Crippen molar-refractivity contribution in [3.63, 3.8) is 0 Å². The van der Waals surface area contributed by atoms with Crippen molar-refractivity contribution in [3.05, 3.63) is 55.7 Å². The number of nitrogens with zero attached hydrogens (tertiary/aromatic N) is 2. The molecule has 0 saturated carbocycles. The van der Waals surface area contributed by atoms with Gasteiger partial charge in [0.1, 0.15) is 4.88 Å². The molecule has 6 nitrogen and oxygen atoms in total. The first-order chi connectivity index (χ1) is 13.5. The molecule has 1 aliphatic rings. The van der Waals surface area contributed by atoms with E-state index in [4.69, 9.17) is 34.5 Å². The lowest BCUT2D eigenvalue weighted by atomic mass is 9.88. The Balaban J connectivity index is 2.18. The van der Waals surface area contributed by atoms with Crippen LogP contribution in [-0.2, 0) is 4.74 Å². The molecule has 1 aromatic heterocycles. The van der Waals surface area contributed by atoms with Gasteiger partial charge in [-0.05, 0) is 29.7 Å². The van der Waals surface area contributed by atoms with Gasteiger partial charge in [0.2, 0.25) is 5.69 Å². The van der Waals surface area contributed by atoms with Crippen LogP contribution in [0, 0.1) is 6.57 Å². The van der Waals surface area contributed by atoms with Gasteiger partial charge >= 0.3 is 5.97 Å². The first kappa shape index (κ1) is 20.9. The Morgan fingerprint density at radius 1 is 1.32 bits per heavy atom. The van der Waals surface area contributed by atoms with Crippen molar-refractivity contribution < 1.29 is 19.7 Å². The number of carboxylic acids is 1. The number of ether oxygens (including phenoxy) is 1. The van der Waals surface area contributed by atoms with E-state index in [1.54, 1.807) is 18.2 Å². The third kappa shape index (κ3) is 4.12. The molecule has 0 bridgehead atoms. The number of morpholine rings is 1. The molecule has 3 rings (SSSR count). The molecule has 0 spiro atoms. The quantitative estimate of drug-likeness (QED) is 0.639. The lowest BCUT2D eigenvalue weighted by Crippen LogP contribution is -2.35. The van der Waals surface area contributed by atoms with Crippen LogP contribution in [0.4, 0.5) is 10.7 Å². The fourth-order valence-corrected chi connectivity index (χ4v) is 4.83. The number of hydrogen-bond donors (Lipinski definition) is 2. The second kappa shape index (κ2) is 9.12. The Morgan fingerprint density at radius 3 is 2.61 bits per heavy atom. The number of halogens is 2. The molecule has 2 aromatic rings. The van der Waals surface area contributed by atoms with E-state index in [1.165, 1.54) is 0 Å². The Hall–Kier alpha value is -1.82. The summed E-state index contributed by atoms with van der Waals surface area (Å²) in [5, 5.41) is 20.8. The predicted molar refractivity (Wildman–Crippen MR) is 111 cm³/mol. The Morgan fingerprint density at radius 2 is 2.04 bits per heavy atom. The molecule has 1 aromatic carbocycles. The summed E-state index contributed by atoms with van der Waals surface area (Å²) in [6.07, 6.45) is 0.264. The molecule has 2 heterocycles. The van der Waals surface area contributed by atoms with Crippen LogP contribution < -0.4 is 4.90 Å². The molecular weight excluding hydrogens is 423 g/mol. The lowest BCUT2D eigenvalue weighted by Gasteiger charge is -2.28. The molecule has 148 valence electrons. The van der Waals surface area contributed by atoms with Crippen molar-refractivity contribution in [1.82, 2.24) is 0 Å². The number of anilines is 1. The highest BCUT2D eigenvalue weighted by molar-refractivity contribution is 7.18. The van der Waals surface area contributed by atoms with Gasteiger partial charge in [0.25, 0.3) is 0 Å². The predicted octanol–water partition coefficient (Wildman–Crippen LogP) is 4.65. The molecular formula is C19H18Cl2N2O4S. The van der Waals surface area contributed by atoms with Crippen molar-refractivity contribution in [3.8, 4) is 0 Å². The normalized spacial score (nSPS) is 15.3. The number of aromatic carboxylic acids is 1. The fourth-order valence-electron chi connectivity index (χ4n) is 3.33. The van der Waals surface area contributed by atoms with Crippen molar-refractivity contribution in [1.29, 1.82) is 0 Å². The van der Waals surface area contributed by atoms with Crippen LogP contribution in [0.5, 0.6) is 0 Å². The zero-order valence-electron chi connectivity index (χ0n) is 14.8. The fraction of sp³-hybridized carbons (Fsp3) is 0.368. The second-order valence-corrected chi connectivity index (χ2v) is 8.07. The first-order valence-electron chi connectivity index (χ1n) is 8.63. The van der Waals surface area contributed by atoms with Crippen molar-refractivity contribution >= 4 is 51.2 Å². The van der Waals surface area contributed by atoms with Crippen LogP contribution in [0.15, 0.2) is 18.2 Å². The summed E-state index contributed by atoms with van der Waals surface area (Å²) in [5.74, 6) is -1.58. The number of aliphatic hydroxyl groups excluding tert-OH is 1. The standard InChI is InChI=1S/C19H18Cl2N2O4S/c1-22-16-15(12(4-7-24)11-2-3-13(20)14(21)10-11)17(19(25)26)28-18(16)23-5-8-27-9-6-23/h2-3,10,12,24H,4-9H2,(H,25,26). The minimum Gasteiger partial charge on any atom is -0.477 e. The van der Waals surface area contributed by atoms with Crippen molar-refractivity contribution in [2.75, 3.05) is 37.8 Å². The summed E-state index contributed by atoms with van der Waals surface area (Å²) in [6.45, 7) is 9.82. The topological polar surface area (TPSA) is 74.4 Å². The second-order valence-electron chi connectivity index (χ2n) is 6.25. The summed E-state index contributed by atoms with van der Waals surface area (Å²) < 4.78 is 5.37. The van der Waals surface area contributed by atoms with Crippen LogP contribution in [0.1, 0.15) is 33.1 Å². The van der Waals surface area contributed by atoms with Crippen molar-refractivity contribution in [2.24, 2.45) is 0 Å². The maximum absolute atomic E-state index is 12.0. The van der Waals surface area contributed by atoms with Crippen LogP contribution in [0.25, 0.3) is 4.85 Å². The molecule has 2 N–H and O–H groups in total. The van der Waals surface area contributed by atoms with E-state index in [9.17, 15) is 15.0 Å². The van der Waals surface area contributed by atoms with Gasteiger partial charge in [-0.1, -0.05) is 29.3 Å². The van der Waals surface area contributed by atoms with E-state index in [0.717, 1.165) is 11.3 Å². The lowest BCUT2D eigenvalue weighted by molar-refractivity contribution is 0.0700. The Labute approximate surface area is 176 Å². The summed E-state index contributed by atoms with van der Waals surface area (Å²) in [6, 6.07) is 5.05. The number of aliphatic hydroxyl groups is 1. The molecule has 1 atom stereocenters. The molecule has 0 aliphatic carbocycles. The molecule has 9 heteroatoms. The average molecular weight is 441 g/mol. The minimum atomic E-state index is -1.09.